The van der Waals surface area contributed by atoms with Gasteiger partial charge < -0.3 is 10.4 Å². The Kier molecular flexibility index (Phi) is 7.62. The summed E-state index contributed by atoms with van der Waals surface area (Å²) in [6, 6.07) is 2.13. The predicted molar refractivity (Wildman–Crippen MR) is 86.3 cm³/mol. The Hall–Kier alpha value is -0.520. The highest BCUT2D eigenvalue weighted by Crippen LogP contribution is 2.21. The lowest BCUT2D eigenvalue weighted by Gasteiger charge is -2.28. The molecule has 5 heteroatoms. The van der Waals surface area contributed by atoms with E-state index < -0.39 is 0 Å². The summed E-state index contributed by atoms with van der Waals surface area (Å²) in [6.45, 7) is 7.47. The van der Waals surface area contributed by atoms with E-state index in [2.05, 4.69) is 30.3 Å². The second-order valence-electron chi connectivity index (χ2n) is 5.70. The monoisotopic (exact) mass is 299 g/mol. The van der Waals surface area contributed by atoms with E-state index in [4.69, 9.17) is 0 Å². The summed E-state index contributed by atoms with van der Waals surface area (Å²) in [5.41, 5.74) is 0.954. The Bertz CT molecular complexity index is 394. The molecule has 0 saturated heterocycles. The van der Waals surface area contributed by atoms with Gasteiger partial charge in [0.05, 0.1) is 17.3 Å². The van der Waals surface area contributed by atoms with E-state index in [0.717, 1.165) is 43.7 Å². The van der Waals surface area contributed by atoms with Crippen LogP contribution in [0.2, 0.25) is 0 Å². The van der Waals surface area contributed by atoms with Gasteiger partial charge in [-0.05, 0) is 51.5 Å². The van der Waals surface area contributed by atoms with Crippen LogP contribution in [0, 0.1) is 6.92 Å². The zero-order valence-corrected chi connectivity index (χ0v) is 14.1. The van der Waals surface area contributed by atoms with Gasteiger partial charge in [0.15, 0.2) is 0 Å². The normalized spacial score (nSPS) is 14.4. The van der Waals surface area contributed by atoms with Crippen molar-refractivity contribution in [2.45, 2.75) is 57.0 Å². The number of unbranched alkanes of at least 4 members (excludes halogenated alkanes) is 1. The largest absolute Gasteiger partial charge is 0.394 e. The number of thioether (sulfide) groups is 1. The summed E-state index contributed by atoms with van der Waals surface area (Å²) in [7, 11) is 1.99. The number of aliphatic hydroxyl groups excluding tert-OH is 1. The molecule has 2 N–H and O–H groups in total. The van der Waals surface area contributed by atoms with E-state index in [9.17, 15) is 5.11 Å². The molecular weight excluding hydrogens is 270 g/mol. The van der Waals surface area contributed by atoms with Crippen molar-refractivity contribution < 1.29 is 5.11 Å². The van der Waals surface area contributed by atoms with Gasteiger partial charge >= 0.3 is 0 Å². The molecule has 1 aromatic rings. The number of nitrogens with zero attached hydrogens (tertiary/aromatic N) is 2. The summed E-state index contributed by atoms with van der Waals surface area (Å²) < 4.78 is 1.95. The Morgan fingerprint density at radius 3 is 2.75 bits per heavy atom. The lowest BCUT2D eigenvalue weighted by Crippen LogP contribution is -2.46. The molecule has 0 radical (unpaired) electrons. The maximum Gasteiger partial charge on any atom is 0.0939 e. The fraction of sp³-hybridized carbons (Fsp3) is 0.800. The minimum absolute atomic E-state index is 0.121. The molecule has 116 valence electrons. The Balaban J connectivity index is 2.22. The van der Waals surface area contributed by atoms with E-state index in [1.54, 1.807) is 0 Å². The van der Waals surface area contributed by atoms with Crippen molar-refractivity contribution in [2.75, 3.05) is 18.9 Å². The number of rotatable bonds is 10. The molecule has 0 fully saturated rings. The van der Waals surface area contributed by atoms with Gasteiger partial charge in [0.1, 0.15) is 0 Å². The molecule has 1 heterocycles. The average Bonchev–Trinajstić information content (AvgIpc) is 2.74. The second kappa shape index (κ2) is 8.70. The number of nitrogens with one attached hydrogen (secondary N) is 1. The van der Waals surface area contributed by atoms with Crippen molar-refractivity contribution in [2.24, 2.45) is 7.05 Å². The second-order valence-corrected chi connectivity index (χ2v) is 6.81. The van der Waals surface area contributed by atoms with Gasteiger partial charge in [0.2, 0.25) is 0 Å². The van der Waals surface area contributed by atoms with Gasteiger partial charge in [-0.15, -0.1) is 11.8 Å². The van der Waals surface area contributed by atoms with Crippen LogP contribution >= 0.6 is 11.8 Å². The van der Waals surface area contributed by atoms with Crippen molar-refractivity contribution in [1.29, 1.82) is 0 Å². The third-order valence-corrected chi connectivity index (χ3v) is 4.65. The summed E-state index contributed by atoms with van der Waals surface area (Å²) in [5.74, 6) is 1.11. The maximum absolute atomic E-state index is 9.51. The fourth-order valence-corrected chi connectivity index (χ4v) is 3.21. The molecule has 1 rings (SSSR count). The SMILES string of the molecule is CCCNC(C)(CO)CCCCSc1cc(C)nn1C. The number of hydrogen-bond acceptors (Lipinski definition) is 4. The predicted octanol–water partition coefficient (Wildman–Crippen LogP) is 2.74. The van der Waals surface area contributed by atoms with Crippen LogP contribution in [0.3, 0.4) is 0 Å². The lowest BCUT2D eigenvalue weighted by molar-refractivity contribution is 0.163. The first-order chi connectivity index (χ1) is 9.50. The van der Waals surface area contributed by atoms with Crippen molar-refractivity contribution in [3.05, 3.63) is 11.8 Å². The molecule has 0 saturated carbocycles. The van der Waals surface area contributed by atoms with Gasteiger partial charge in [-0.1, -0.05) is 13.3 Å². The van der Waals surface area contributed by atoms with E-state index >= 15 is 0 Å². The zero-order chi connectivity index (χ0) is 15.0. The highest BCUT2D eigenvalue weighted by atomic mass is 32.2. The van der Waals surface area contributed by atoms with Gasteiger partial charge in [-0.25, -0.2) is 0 Å². The number of hydrogen-bond donors (Lipinski definition) is 2. The molecule has 0 aliphatic heterocycles. The molecule has 0 bridgehead atoms. The molecule has 0 amide bonds. The minimum Gasteiger partial charge on any atom is -0.394 e. The third-order valence-electron chi connectivity index (χ3n) is 3.48. The highest BCUT2D eigenvalue weighted by Gasteiger charge is 2.21. The highest BCUT2D eigenvalue weighted by molar-refractivity contribution is 7.99. The van der Waals surface area contributed by atoms with E-state index in [-0.39, 0.29) is 12.1 Å². The van der Waals surface area contributed by atoms with Gasteiger partial charge in [0.25, 0.3) is 0 Å². The Morgan fingerprint density at radius 2 is 2.20 bits per heavy atom. The van der Waals surface area contributed by atoms with Crippen LogP contribution in [0.5, 0.6) is 0 Å². The van der Waals surface area contributed by atoms with Crippen LogP contribution < -0.4 is 5.32 Å². The minimum atomic E-state index is -0.121. The van der Waals surface area contributed by atoms with E-state index in [1.165, 1.54) is 5.03 Å². The Morgan fingerprint density at radius 1 is 1.45 bits per heavy atom. The van der Waals surface area contributed by atoms with Crippen molar-refractivity contribution in [3.8, 4) is 0 Å². The van der Waals surface area contributed by atoms with Crippen molar-refractivity contribution >= 4 is 11.8 Å². The first-order valence-corrected chi connectivity index (χ1v) is 8.48. The van der Waals surface area contributed by atoms with Crippen LogP contribution in [0.25, 0.3) is 0 Å². The zero-order valence-electron chi connectivity index (χ0n) is 13.3. The van der Waals surface area contributed by atoms with E-state index in [0.29, 0.717) is 0 Å². The summed E-state index contributed by atoms with van der Waals surface area (Å²) in [5, 5.41) is 18.5. The van der Waals surface area contributed by atoms with Gasteiger partial charge in [-0.3, -0.25) is 4.68 Å². The molecule has 0 aliphatic rings. The maximum atomic E-state index is 9.51. The average molecular weight is 299 g/mol. The molecular formula is C15H29N3OS. The summed E-state index contributed by atoms with van der Waals surface area (Å²) in [4.78, 5) is 0. The van der Waals surface area contributed by atoms with Crippen LogP contribution in [-0.4, -0.2) is 39.3 Å². The number of aromatic nitrogens is 2. The van der Waals surface area contributed by atoms with Gasteiger partial charge in [-0.2, -0.15) is 5.10 Å². The first-order valence-electron chi connectivity index (χ1n) is 7.50. The smallest absolute Gasteiger partial charge is 0.0939 e. The van der Waals surface area contributed by atoms with Crippen LogP contribution in [0.15, 0.2) is 11.1 Å². The van der Waals surface area contributed by atoms with Gasteiger partial charge in [0, 0.05) is 12.6 Å². The standard InChI is InChI=1S/C15H29N3OS/c1-5-9-16-15(3,12-19)8-6-7-10-20-14-11-13(2)17-18(14)4/h11,16,19H,5-10,12H2,1-4H3. The van der Waals surface area contributed by atoms with Crippen LogP contribution in [-0.2, 0) is 7.05 Å². The molecule has 1 atom stereocenters. The molecule has 4 nitrogen and oxygen atoms in total. The molecule has 1 aromatic heterocycles. The molecule has 0 spiro atoms. The topological polar surface area (TPSA) is 50.1 Å². The quantitative estimate of drug-likeness (QED) is 0.515. The fourth-order valence-electron chi connectivity index (χ4n) is 2.17. The number of aryl methyl sites for hydroxylation is 2. The molecule has 20 heavy (non-hydrogen) atoms. The third kappa shape index (κ3) is 5.85. The number of aliphatic hydroxyl groups is 1. The van der Waals surface area contributed by atoms with Crippen LogP contribution in [0.4, 0.5) is 0 Å². The Labute approximate surface area is 127 Å². The molecule has 0 aliphatic carbocycles. The van der Waals surface area contributed by atoms with Crippen LogP contribution in [0.1, 0.15) is 45.2 Å². The first kappa shape index (κ1) is 17.5. The van der Waals surface area contributed by atoms with Crippen molar-refractivity contribution in [3.63, 3.8) is 0 Å². The van der Waals surface area contributed by atoms with E-state index in [1.807, 2.05) is 30.4 Å². The summed E-state index contributed by atoms with van der Waals surface area (Å²) in [6.07, 6.45) is 4.43. The molecule has 0 aromatic carbocycles. The summed E-state index contributed by atoms with van der Waals surface area (Å²) >= 11 is 1.86. The molecule has 1 unspecified atom stereocenters. The van der Waals surface area contributed by atoms with Crippen molar-refractivity contribution in [1.82, 2.24) is 15.1 Å². The lowest BCUT2D eigenvalue weighted by atomic mass is 9.96.